The molecule has 0 aliphatic carbocycles. The molecule has 0 aliphatic heterocycles. The van der Waals surface area contributed by atoms with Gasteiger partial charge in [-0.15, -0.1) is 0 Å². The van der Waals surface area contributed by atoms with Gasteiger partial charge in [-0.1, -0.05) is 25.1 Å². The zero-order valence-corrected chi connectivity index (χ0v) is 14.4. The fourth-order valence-electron chi connectivity index (χ4n) is 2.53. The van der Waals surface area contributed by atoms with E-state index in [-0.39, 0.29) is 5.91 Å². The number of amides is 1. The van der Waals surface area contributed by atoms with Gasteiger partial charge in [-0.25, -0.2) is 9.97 Å². The second kappa shape index (κ2) is 7.31. The van der Waals surface area contributed by atoms with E-state index in [9.17, 15) is 4.79 Å². The topological polar surface area (TPSA) is 67.8 Å². The molecule has 2 heterocycles. The molecule has 0 saturated carbocycles. The van der Waals surface area contributed by atoms with Crippen molar-refractivity contribution in [1.82, 2.24) is 14.3 Å². The van der Waals surface area contributed by atoms with Crippen LogP contribution in [-0.4, -0.2) is 20.2 Å². The Balaban J connectivity index is 1.86. The first-order valence-electron chi connectivity index (χ1n) is 7.79. The van der Waals surface area contributed by atoms with Crippen molar-refractivity contribution in [2.75, 3.05) is 5.32 Å². The van der Waals surface area contributed by atoms with Gasteiger partial charge in [0.1, 0.15) is 5.82 Å². The zero-order chi connectivity index (χ0) is 16.9. The molecule has 0 atom stereocenters. The quantitative estimate of drug-likeness (QED) is 0.771. The number of para-hydroxylation sites is 1. The van der Waals surface area contributed by atoms with Gasteiger partial charge in [-0.05, 0) is 42.6 Å². The van der Waals surface area contributed by atoms with Crippen LogP contribution in [0.25, 0.3) is 0 Å². The highest BCUT2D eigenvalue weighted by atomic mass is 32.1. The highest BCUT2D eigenvalue weighted by Gasteiger charge is 2.20. The minimum absolute atomic E-state index is 0.131. The summed E-state index contributed by atoms with van der Waals surface area (Å²) in [6.45, 7) is 3.92. The van der Waals surface area contributed by atoms with Crippen molar-refractivity contribution in [3.05, 3.63) is 70.2 Å². The maximum Gasteiger partial charge on any atom is 0.258 e. The lowest BCUT2D eigenvalue weighted by Gasteiger charge is -2.10. The number of aryl methyl sites for hydroxylation is 2. The molecule has 3 aromatic rings. The van der Waals surface area contributed by atoms with Gasteiger partial charge >= 0.3 is 0 Å². The van der Waals surface area contributed by atoms with Gasteiger partial charge in [0.05, 0.1) is 11.3 Å². The predicted octanol–water partition coefficient (Wildman–Crippen LogP) is 3.65. The van der Waals surface area contributed by atoms with E-state index in [4.69, 9.17) is 0 Å². The molecule has 122 valence electrons. The number of nitrogens with one attached hydrogen (secondary N) is 1. The highest BCUT2D eigenvalue weighted by molar-refractivity contribution is 7.06. The molecule has 5 nitrogen and oxygen atoms in total. The van der Waals surface area contributed by atoms with Gasteiger partial charge < -0.3 is 5.32 Å². The van der Waals surface area contributed by atoms with Crippen LogP contribution in [0.3, 0.4) is 0 Å². The number of hydrogen-bond donors (Lipinski definition) is 1. The third-order valence-corrected chi connectivity index (χ3v) is 4.68. The van der Waals surface area contributed by atoms with Crippen LogP contribution in [0.15, 0.2) is 42.7 Å². The van der Waals surface area contributed by atoms with Gasteiger partial charge in [0.15, 0.2) is 0 Å². The summed E-state index contributed by atoms with van der Waals surface area (Å²) >= 11 is 1.33. The Morgan fingerprint density at radius 3 is 2.67 bits per heavy atom. The van der Waals surface area contributed by atoms with Gasteiger partial charge in [0.2, 0.25) is 0 Å². The van der Waals surface area contributed by atoms with Crippen LogP contribution in [0, 0.1) is 6.92 Å². The SMILES string of the molecule is CCc1ccccc1NC(=O)c1c(C)nsc1Cc1ncccn1. The van der Waals surface area contributed by atoms with Crippen LogP contribution in [0.5, 0.6) is 0 Å². The van der Waals surface area contributed by atoms with E-state index in [1.165, 1.54) is 11.5 Å². The number of benzene rings is 1. The number of carbonyl (C=O) groups is 1. The second-order valence-electron chi connectivity index (χ2n) is 5.37. The first kappa shape index (κ1) is 16.3. The van der Waals surface area contributed by atoms with E-state index in [2.05, 4.69) is 26.6 Å². The standard InChI is InChI=1S/C18H18N4OS/c1-3-13-7-4-5-8-14(13)21-18(23)17-12(2)22-24-15(17)11-16-19-9-6-10-20-16/h4-10H,3,11H2,1-2H3,(H,21,23). The Labute approximate surface area is 145 Å². The highest BCUT2D eigenvalue weighted by Crippen LogP contribution is 2.23. The Morgan fingerprint density at radius 1 is 1.17 bits per heavy atom. The van der Waals surface area contributed by atoms with Gasteiger partial charge in [0, 0.05) is 29.4 Å². The lowest BCUT2D eigenvalue weighted by molar-refractivity contribution is 0.102. The molecule has 0 saturated heterocycles. The summed E-state index contributed by atoms with van der Waals surface area (Å²) in [6, 6.07) is 9.62. The zero-order valence-electron chi connectivity index (χ0n) is 13.6. The van der Waals surface area contributed by atoms with Crippen LogP contribution >= 0.6 is 11.5 Å². The molecule has 0 spiro atoms. The minimum atomic E-state index is -0.131. The summed E-state index contributed by atoms with van der Waals surface area (Å²) in [6.07, 6.45) is 4.77. The number of aromatic nitrogens is 3. The first-order valence-corrected chi connectivity index (χ1v) is 8.56. The summed E-state index contributed by atoms with van der Waals surface area (Å²) in [4.78, 5) is 22.1. The summed E-state index contributed by atoms with van der Waals surface area (Å²) in [5, 5.41) is 3.02. The molecule has 2 aromatic heterocycles. The van der Waals surface area contributed by atoms with Crippen LogP contribution in [0.4, 0.5) is 5.69 Å². The van der Waals surface area contributed by atoms with E-state index in [0.717, 1.165) is 28.2 Å². The number of nitrogens with zero attached hydrogens (tertiary/aromatic N) is 3. The van der Waals surface area contributed by atoms with Crippen molar-refractivity contribution in [3.8, 4) is 0 Å². The van der Waals surface area contributed by atoms with E-state index >= 15 is 0 Å². The third-order valence-electron chi connectivity index (χ3n) is 3.74. The average Bonchev–Trinajstić information content (AvgIpc) is 2.96. The Hall–Kier alpha value is -2.60. The van der Waals surface area contributed by atoms with Gasteiger partial charge in [0.25, 0.3) is 5.91 Å². The summed E-state index contributed by atoms with van der Waals surface area (Å²) in [7, 11) is 0. The summed E-state index contributed by atoms with van der Waals surface area (Å²) in [5.41, 5.74) is 3.31. The van der Waals surface area contributed by atoms with Crippen molar-refractivity contribution in [3.63, 3.8) is 0 Å². The van der Waals surface area contributed by atoms with Crippen molar-refractivity contribution in [2.45, 2.75) is 26.7 Å². The molecule has 6 heteroatoms. The second-order valence-corrected chi connectivity index (χ2v) is 6.23. The molecule has 0 bridgehead atoms. The average molecular weight is 338 g/mol. The Kier molecular flexibility index (Phi) is 4.96. The maximum atomic E-state index is 12.8. The number of hydrogen-bond acceptors (Lipinski definition) is 5. The molecular weight excluding hydrogens is 320 g/mol. The minimum Gasteiger partial charge on any atom is -0.322 e. The van der Waals surface area contributed by atoms with Crippen LogP contribution in [0.1, 0.15) is 39.2 Å². The summed E-state index contributed by atoms with van der Waals surface area (Å²) < 4.78 is 4.34. The van der Waals surface area contributed by atoms with E-state index < -0.39 is 0 Å². The number of anilines is 1. The first-order chi connectivity index (χ1) is 11.7. The Morgan fingerprint density at radius 2 is 1.92 bits per heavy atom. The molecule has 1 amide bonds. The molecule has 3 rings (SSSR count). The van der Waals surface area contributed by atoms with Crippen molar-refractivity contribution in [2.24, 2.45) is 0 Å². The molecular formula is C18H18N4OS. The summed E-state index contributed by atoms with van der Waals surface area (Å²) in [5.74, 6) is 0.553. The Bertz CT molecular complexity index is 845. The number of carbonyl (C=O) groups excluding carboxylic acids is 1. The van der Waals surface area contributed by atoms with E-state index in [1.807, 2.05) is 31.2 Å². The van der Waals surface area contributed by atoms with Crippen molar-refractivity contribution in [1.29, 1.82) is 0 Å². The molecule has 0 unspecified atom stereocenters. The number of rotatable bonds is 5. The third kappa shape index (κ3) is 3.49. The van der Waals surface area contributed by atoms with Gasteiger partial charge in [-0.3, -0.25) is 4.79 Å². The predicted molar refractivity (Wildman–Crippen MR) is 95.5 cm³/mol. The monoisotopic (exact) mass is 338 g/mol. The van der Waals surface area contributed by atoms with Crippen molar-refractivity contribution >= 4 is 23.1 Å². The molecule has 1 N–H and O–H groups in total. The smallest absolute Gasteiger partial charge is 0.258 e. The van der Waals surface area contributed by atoms with E-state index in [0.29, 0.717) is 17.8 Å². The maximum absolute atomic E-state index is 12.8. The molecule has 0 radical (unpaired) electrons. The fraction of sp³-hybridized carbons (Fsp3) is 0.222. The molecule has 0 aliphatic rings. The lowest BCUT2D eigenvalue weighted by Crippen LogP contribution is -2.15. The van der Waals surface area contributed by atoms with Crippen LogP contribution < -0.4 is 5.32 Å². The molecule has 1 aromatic carbocycles. The fourth-order valence-corrected chi connectivity index (χ4v) is 3.39. The lowest BCUT2D eigenvalue weighted by atomic mass is 10.1. The van der Waals surface area contributed by atoms with Crippen LogP contribution in [-0.2, 0) is 12.8 Å². The van der Waals surface area contributed by atoms with Gasteiger partial charge in [-0.2, -0.15) is 4.37 Å². The van der Waals surface area contributed by atoms with E-state index in [1.54, 1.807) is 18.5 Å². The molecule has 0 fully saturated rings. The van der Waals surface area contributed by atoms with Crippen molar-refractivity contribution < 1.29 is 4.79 Å². The van der Waals surface area contributed by atoms with Crippen LogP contribution in [0.2, 0.25) is 0 Å². The molecule has 24 heavy (non-hydrogen) atoms. The largest absolute Gasteiger partial charge is 0.322 e. The normalized spacial score (nSPS) is 10.6.